The zero-order valence-electron chi connectivity index (χ0n) is 15.3. The molecule has 2 aliphatic heterocycles. The van der Waals surface area contributed by atoms with Gasteiger partial charge in [0.1, 0.15) is 5.82 Å². The third kappa shape index (κ3) is 3.25. The number of nitrogens with zero attached hydrogens (tertiary/aromatic N) is 3. The van der Waals surface area contributed by atoms with Crippen molar-refractivity contribution in [2.45, 2.75) is 52.6 Å². The Morgan fingerprint density at radius 3 is 2.96 bits per heavy atom. The third-order valence-corrected chi connectivity index (χ3v) is 5.18. The minimum absolute atomic E-state index is 0.205. The smallest absolute Gasteiger partial charge is 0.228 e. The fourth-order valence-electron chi connectivity index (χ4n) is 3.63. The highest BCUT2D eigenvalue weighted by Gasteiger charge is 2.36. The van der Waals surface area contributed by atoms with Gasteiger partial charge in [0.15, 0.2) is 5.82 Å². The van der Waals surface area contributed by atoms with E-state index in [-0.39, 0.29) is 11.3 Å². The molecule has 26 heavy (non-hydrogen) atoms. The first-order chi connectivity index (χ1) is 12.5. The Bertz CT molecular complexity index is 814. The molecule has 0 spiro atoms. The molecule has 4 heterocycles. The summed E-state index contributed by atoms with van der Waals surface area (Å²) in [5.74, 6) is 2.24. The van der Waals surface area contributed by atoms with Gasteiger partial charge >= 0.3 is 0 Å². The predicted octanol–water partition coefficient (Wildman–Crippen LogP) is 3.37. The molecule has 0 aliphatic carbocycles. The lowest BCUT2D eigenvalue weighted by molar-refractivity contribution is -0.141. The molecule has 0 saturated heterocycles. The van der Waals surface area contributed by atoms with Gasteiger partial charge in [-0.3, -0.25) is 9.89 Å². The minimum atomic E-state index is -0.353. The number of carbonyl (C=O) groups is 1. The summed E-state index contributed by atoms with van der Waals surface area (Å²) in [7, 11) is 0. The first-order valence-corrected chi connectivity index (χ1v) is 9.25. The van der Waals surface area contributed by atoms with E-state index in [1.54, 1.807) is 0 Å². The largest absolute Gasteiger partial charge is 0.478 e. The number of aromatic amines is 1. The number of fused-ring (bicyclic) bond motifs is 3. The van der Waals surface area contributed by atoms with Gasteiger partial charge in [0.05, 0.1) is 25.4 Å². The number of rotatable bonds is 0. The first-order valence-electron chi connectivity index (χ1n) is 9.25. The molecule has 7 heteroatoms. The maximum Gasteiger partial charge on any atom is 0.228 e. The van der Waals surface area contributed by atoms with Crippen LogP contribution >= 0.6 is 0 Å². The molecule has 7 nitrogen and oxygen atoms in total. The Hall–Kier alpha value is -2.57. The van der Waals surface area contributed by atoms with Crippen LogP contribution in [-0.2, 0) is 17.9 Å². The number of amides is 1. The molecule has 0 fully saturated rings. The quantitative estimate of drug-likeness (QED) is 0.757. The van der Waals surface area contributed by atoms with Crippen LogP contribution in [0, 0.1) is 5.41 Å². The van der Waals surface area contributed by atoms with E-state index in [9.17, 15) is 4.79 Å². The molecule has 138 valence electrons. The number of carbonyl (C=O) groups excluding carboxylic acids is 1. The summed E-state index contributed by atoms with van der Waals surface area (Å²) in [5, 5.41) is 10.7. The maximum atomic E-state index is 13.0. The highest BCUT2D eigenvalue weighted by atomic mass is 16.5. The van der Waals surface area contributed by atoms with Crippen molar-refractivity contribution < 1.29 is 9.53 Å². The van der Waals surface area contributed by atoms with Crippen LogP contribution in [0.15, 0.2) is 18.2 Å². The van der Waals surface area contributed by atoms with Gasteiger partial charge in [-0.1, -0.05) is 32.8 Å². The normalized spacial score (nSPS) is 19.8. The Morgan fingerprint density at radius 2 is 2.08 bits per heavy atom. The topological polar surface area (TPSA) is 83.1 Å². The lowest BCUT2D eigenvalue weighted by Crippen LogP contribution is -2.38. The average Bonchev–Trinajstić information content (AvgIpc) is 3.19. The van der Waals surface area contributed by atoms with E-state index in [0.717, 1.165) is 42.8 Å². The number of ether oxygens (including phenoxy) is 1. The molecule has 2 aromatic rings. The van der Waals surface area contributed by atoms with E-state index in [0.29, 0.717) is 31.4 Å². The summed E-state index contributed by atoms with van der Waals surface area (Å²) in [6.07, 6.45) is 3.90. The summed E-state index contributed by atoms with van der Waals surface area (Å²) in [6.45, 7) is 5.89. The summed E-state index contributed by atoms with van der Waals surface area (Å²) < 4.78 is 5.77. The molecular formula is C19H25N5O2. The summed E-state index contributed by atoms with van der Waals surface area (Å²) in [4.78, 5) is 19.4. The fraction of sp³-hybridized carbons (Fsp3) is 0.526. The van der Waals surface area contributed by atoms with Crippen molar-refractivity contribution >= 4 is 17.5 Å². The van der Waals surface area contributed by atoms with Crippen LogP contribution in [0.2, 0.25) is 0 Å². The summed E-state index contributed by atoms with van der Waals surface area (Å²) >= 11 is 0. The van der Waals surface area contributed by atoms with Crippen molar-refractivity contribution in [3.05, 3.63) is 29.5 Å². The third-order valence-electron chi connectivity index (χ3n) is 5.18. The van der Waals surface area contributed by atoms with E-state index in [1.807, 2.05) is 36.9 Å². The summed E-state index contributed by atoms with van der Waals surface area (Å²) in [5.41, 5.74) is 1.68. The van der Waals surface area contributed by atoms with Crippen LogP contribution in [-0.4, -0.2) is 32.6 Å². The second-order valence-corrected chi connectivity index (χ2v) is 7.72. The second-order valence-electron chi connectivity index (χ2n) is 7.72. The van der Waals surface area contributed by atoms with Crippen LogP contribution in [0.4, 0.5) is 11.6 Å². The SMILES string of the molecule is CC1(C)CCCCCOc2cccc(n2)Nc2n[nH]c3c2CN(C3)C1=O. The molecule has 1 amide bonds. The second kappa shape index (κ2) is 6.63. The van der Waals surface area contributed by atoms with Gasteiger partial charge in [0.25, 0.3) is 0 Å². The highest BCUT2D eigenvalue weighted by Crippen LogP contribution is 2.34. The van der Waals surface area contributed by atoms with Gasteiger partial charge < -0.3 is 15.0 Å². The molecule has 2 N–H and O–H groups in total. The lowest BCUT2D eigenvalue weighted by Gasteiger charge is -2.29. The molecular weight excluding hydrogens is 330 g/mol. The van der Waals surface area contributed by atoms with Crippen LogP contribution in [0.3, 0.4) is 0 Å². The monoisotopic (exact) mass is 355 g/mol. The van der Waals surface area contributed by atoms with E-state index in [4.69, 9.17) is 4.74 Å². The van der Waals surface area contributed by atoms with Crippen molar-refractivity contribution in [3.8, 4) is 5.88 Å². The molecule has 0 aromatic carbocycles. The van der Waals surface area contributed by atoms with E-state index < -0.39 is 0 Å². The van der Waals surface area contributed by atoms with Crippen LogP contribution in [0.5, 0.6) is 5.88 Å². The van der Waals surface area contributed by atoms with Crippen molar-refractivity contribution in [1.29, 1.82) is 0 Å². The highest BCUT2D eigenvalue weighted by molar-refractivity contribution is 5.82. The number of anilines is 2. The number of hydrogen-bond donors (Lipinski definition) is 2. The van der Waals surface area contributed by atoms with Crippen LogP contribution in [0.1, 0.15) is 50.8 Å². The van der Waals surface area contributed by atoms with Crippen molar-refractivity contribution in [1.82, 2.24) is 20.1 Å². The standard InChI is InChI=1S/C19H25N5O2/c1-19(2)9-4-3-5-10-26-16-8-6-7-15(20-16)21-17-13-11-24(18(19)25)12-14(13)22-23-17/h6-8H,3-5,9-12H2,1-2H3,(H2,20,21,22,23). The van der Waals surface area contributed by atoms with Crippen molar-refractivity contribution in [2.75, 3.05) is 11.9 Å². The number of aromatic nitrogens is 3. The Labute approximate surface area is 153 Å². The van der Waals surface area contributed by atoms with Crippen molar-refractivity contribution in [2.24, 2.45) is 5.41 Å². The zero-order valence-corrected chi connectivity index (χ0v) is 15.3. The number of hydrogen-bond acceptors (Lipinski definition) is 5. The van der Waals surface area contributed by atoms with E-state index >= 15 is 0 Å². The zero-order chi connectivity index (χ0) is 18.1. The molecule has 4 bridgehead atoms. The Morgan fingerprint density at radius 1 is 1.19 bits per heavy atom. The van der Waals surface area contributed by atoms with Gasteiger partial charge in [-0.25, -0.2) is 0 Å². The number of pyridine rings is 1. The molecule has 2 aliphatic rings. The van der Waals surface area contributed by atoms with Gasteiger partial charge in [-0.2, -0.15) is 10.1 Å². The molecule has 0 radical (unpaired) electrons. The van der Waals surface area contributed by atoms with Gasteiger partial charge in [0.2, 0.25) is 11.8 Å². The summed E-state index contributed by atoms with van der Waals surface area (Å²) in [6, 6.07) is 5.67. The Kier molecular flexibility index (Phi) is 4.30. The minimum Gasteiger partial charge on any atom is -0.478 e. The van der Waals surface area contributed by atoms with Gasteiger partial charge in [0, 0.05) is 17.0 Å². The van der Waals surface area contributed by atoms with Crippen LogP contribution in [0.25, 0.3) is 0 Å². The van der Waals surface area contributed by atoms with Gasteiger partial charge in [-0.05, 0) is 18.9 Å². The van der Waals surface area contributed by atoms with Crippen LogP contribution < -0.4 is 10.1 Å². The number of nitrogens with one attached hydrogen (secondary N) is 2. The molecule has 0 atom stereocenters. The average molecular weight is 355 g/mol. The molecule has 0 unspecified atom stereocenters. The lowest BCUT2D eigenvalue weighted by atomic mass is 9.85. The molecule has 2 aromatic heterocycles. The maximum absolute atomic E-state index is 13.0. The van der Waals surface area contributed by atoms with Crippen molar-refractivity contribution in [3.63, 3.8) is 0 Å². The van der Waals surface area contributed by atoms with E-state index in [1.165, 1.54) is 0 Å². The predicted molar refractivity (Wildman–Crippen MR) is 98.1 cm³/mol. The fourth-order valence-corrected chi connectivity index (χ4v) is 3.63. The molecule has 4 rings (SSSR count). The van der Waals surface area contributed by atoms with E-state index in [2.05, 4.69) is 20.5 Å². The Balaban J connectivity index is 1.63. The van der Waals surface area contributed by atoms with Gasteiger partial charge in [-0.15, -0.1) is 0 Å². The molecule has 0 saturated carbocycles. The number of H-pyrrole nitrogens is 1. The first kappa shape index (κ1) is 16.9.